The van der Waals surface area contributed by atoms with Crippen molar-refractivity contribution in [3.63, 3.8) is 0 Å². The van der Waals surface area contributed by atoms with E-state index in [4.69, 9.17) is 4.74 Å². The zero-order valence-electron chi connectivity index (χ0n) is 31.0. The Kier molecular flexibility index (Phi) is 12.7. The van der Waals surface area contributed by atoms with Gasteiger partial charge >= 0.3 is 6.09 Å². The van der Waals surface area contributed by atoms with E-state index >= 15 is 0 Å². The van der Waals surface area contributed by atoms with E-state index < -0.39 is 6.09 Å². The van der Waals surface area contributed by atoms with Gasteiger partial charge in [0.25, 0.3) is 0 Å². The van der Waals surface area contributed by atoms with E-state index in [1.54, 1.807) is 6.20 Å². The van der Waals surface area contributed by atoms with E-state index in [1.165, 1.54) is 4.90 Å². The van der Waals surface area contributed by atoms with Crippen molar-refractivity contribution in [1.29, 1.82) is 0 Å². The van der Waals surface area contributed by atoms with Gasteiger partial charge in [0.15, 0.2) is 0 Å². The Labute approximate surface area is 316 Å². The monoisotopic (exact) mass is 725 g/mol. The van der Waals surface area contributed by atoms with Crippen LogP contribution < -0.4 is 0 Å². The lowest BCUT2D eigenvalue weighted by Crippen LogP contribution is -2.40. The molecule has 1 atom stereocenters. The van der Waals surface area contributed by atoms with Gasteiger partial charge in [-0.2, -0.15) is 0 Å². The number of carbonyl (C=O) groups excluding carboxylic acids is 2. The molecule has 6 rings (SSSR count). The number of likely N-dealkylation sites (N-methyl/N-ethyl adjacent to an activating group) is 1. The molecule has 0 saturated carbocycles. The summed E-state index contributed by atoms with van der Waals surface area (Å²) in [6, 6.07) is 35.5. The largest absolute Gasteiger partial charge is 0.445 e. The summed E-state index contributed by atoms with van der Waals surface area (Å²) in [7, 11) is 3.87. The number of ether oxygens (including phenoxy) is 1. The Morgan fingerprint density at radius 3 is 1.69 bits per heavy atom. The fraction of sp³-hybridized carbons (Fsp3) is 0.256. The molecule has 2 aromatic heterocycles. The summed E-state index contributed by atoms with van der Waals surface area (Å²) < 4.78 is 5.47. The molecule has 0 saturated heterocycles. The van der Waals surface area contributed by atoms with E-state index in [0.29, 0.717) is 18.9 Å². The van der Waals surface area contributed by atoms with Crippen molar-refractivity contribution in [2.24, 2.45) is 0 Å². The first-order valence-corrected chi connectivity index (χ1v) is 18.2. The number of carbonyl (C=O) groups is 2. The predicted octanol–water partition coefficient (Wildman–Crippen LogP) is 7.31. The molecule has 0 aliphatic carbocycles. The highest BCUT2D eigenvalue weighted by Crippen LogP contribution is 2.28. The van der Waals surface area contributed by atoms with Gasteiger partial charge in [-0.25, -0.2) is 14.8 Å². The molecule has 0 aliphatic rings. The molecule has 4 aromatic carbocycles. The van der Waals surface area contributed by atoms with Crippen molar-refractivity contribution < 1.29 is 19.4 Å². The zero-order chi connectivity index (χ0) is 37.9. The number of aromatic amines is 2. The van der Waals surface area contributed by atoms with Gasteiger partial charge in [-0.1, -0.05) is 116 Å². The quantitative estimate of drug-likeness (QED) is 0.0955. The Bertz CT molecular complexity index is 2080. The van der Waals surface area contributed by atoms with Crippen LogP contribution in [0.5, 0.6) is 0 Å². The normalized spacial score (nSPS) is 11.7. The van der Waals surface area contributed by atoms with Crippen LogP contribution in [0.25, 0.3) is 33.6 Å². The number of hydrogen-bond acceptors (Lipinski definition) is 7. The minimum absolute atomic E-state index is 0.0516. The highest BCUT2D eigenvalue weighted by molar-refractivity contribution is 5.83. The number of hydrogen-bond donors (Lipinski definition) is 3. The van der Waals surface area contributed by atoms with Crippen molar-refractivity contribution in [2.45, 2.75) is 39.1 Å². The molecule has 0 aliphatic heterocycles. The van der Waals surface area contributed by atoms with Gasteiger partial charge < -0.3 is 24.7 Å². The average molecular weight is 726 g/mol. The Morgan fingerprint density at radius 1 is 0.685 bits per heavy atom. The van der Waals surface area contributed by atoms with Crippen LogP contribution in [0.2, 0.25) is 0 Å². The van der Waals surface area contributed by atoms with Crippen molar-refractivity contribution in [2.75, 3.05) is 33.8 Å². The molecule has 0 fully saturated rings. The molecule has 0 bridgehead atoms. The van der Waals surface area contributed by atoms with Crippen molar-refractivity contribution in [1.82, 2.24) is 34.6 Å². The molecule has 11 nitrogen and oxygen atoms in total. The lowest BCUT2D eigenvalue weighted by atomic mass is 10.0. The van der Waals surface area contributed by atoms with Gasteiger partial charge in [-0.05, 0) is 53.9 Å². The number of nitrogens with zero attached hydrogens (tertiary/aromatic N) is 5. The average Bonchev–Trinajstić information content (AvgIpc) is 3.88. The van der Waals surface area contributed by atoms with E-state index in [0.717, 1.165) is 57.0 Å². The van der Waals surface area contributed by atoms with E-state index in [1.807, 2.05) is 103 Å². The third kappa shape index (κ3) is 9.49. The van der Waals surface area contributed by atoms with Gasteiger partial charge in [0.1, 0.15) is 24.3 Å². The molecule has 54 heavy (non-hydrogen) atoms. The van der Waals surface area contributed by atoms with Gasteiger partial charge in [-0.15, -0.1) is 0 Å². The Hall–Kier alpha value is -6.04. The summed E-state index contributed by atoms with van der Waals surface area (Å²) >= 11 is 0. The molecule has 11 heteroatoms. The standard InChI is InChI=1S/C43H47N7O4/c1-4-23-49(42(52)41(48(2)3)36-13-9-6-10-14-36)28-39-44-26-37(46-39)34-19-15-32(16-20-34)33-17-21-35(22-18-33)38-27-45-40(47-38)29-50(24-25-51)43(53)54-30-31-11-7-5-8-12-31/h5-22,26-27,41,51H,4,23-25,28-30H2,1-3H3,(H,44,46)(H,45,47). The number of rotatable bonds is 16. The number of amides is 2. The second-order valence-corrected chi connectivity index (χ2v) is 13.4. The van der Waals surface area contributed by atoms with Crippen LogP contribution in [0.15, 0.2) is 122 Å². The number of nitrogens with one attached hydrogen (secondary N) is 2. The number of H-pyrrole nitrogens is 2. The highest BCUT2D eigenvalue weighted by Gasteiger charge is 2.28. The number of benzene rings is 4. The summed E-state index contributed by atoms with van der Waals surface area (Å²) in [5.41, 5.74) is 7.65. The van der Waals surface area contributed by atoms with Crippen molar-refractivity contribution in [3.05, 3.63) is 144 Å². The second-order valence-electron chi connectivity index (χ2n) is 13.4. The topological polar surface area (TPSA) is 131 Å². The van der Waals surface area contributed by atoms with Gasteiger partial charge in [0.2, 0.25) is 5.91 Å². The Balaban J connectivity index is 1.07. The van der Waals surface area contributed by atoms with Crippen LogP contribution in [0.3, 0.4) is 0 Å². The van der Waals surface area contributed by atoms with Crippen LogP contribution in [0.1, 0.15) is 42.2 Å². The molecule has 3 N–H and O–H groups in total. The van der Waals surface area contributed by atoms with Gasteiger partial charge in [-0.3, -0.25) is 14.6 Å². The minimum Gasteiger partial charge on any atom is -0.445 e. The number of aliphatic hydroxyl groups is 1. The van der Waals surface area contributed by atoms with E-state index in [-0.39, 0.29) is 38.3 Å². The maximum Gasteiger partial charge on any atom is 0.410 e. The van der Waals surface area contributed by atoms with Gasteiger partial charge in [0, 0.05) is 13.1 Å². The molecule has 2 heterocycles. The van der Waals surface area contributed by atoms with Gasteiger partial charge in [0.05, 0.1) is 43.5 Å². The van der Waals surface area contributed by atoms with E-state index in [9.17, 15) is 14.7 Å². The molecule has 6 aromatic rings. The minimum atomic E-state index is -0.517. The zero-order valence-corrected chi connectivity index (χ0v) is 31.0. The predicted molar refractivity (Wildman–Crippen MR) is 210 cm³/mol. The van der Waals surface area contributed by atoms with Crippen molar-refractivity contribution in [3.8, 4) is 33.6 Å². The summed E-state index contributed by atoms with van der Waals surface area (Å²) in [4.78, 5) is 47.7. The first-order valence-electron chi connectivity index (χ1n) is 18.2. The first kappa shape index (κ1) is 37.7. The summed E-state index contributed by atoms with van der Waals surface area (Å²) in [5.74, 6) is 1.38. The maximum absolute atomic E-state index is 13.8. The molecule has 278 valence electrons. The SMILES string of the molecule is CCCN(Cc1ncc(-c2ccc(-c3ccc(-c4cnc(CN(CCO)C(=O)OCc5ccccc5)[nH]4)cc3)cc2)[nH]1)C(=O)C(c1ccccc1)N(C)C. The lowest BCUT2D eigenvalue weighted by Gasteiger charge is -2.30. The van der Waals surface area contributed by atoms with Crippen LogP contribution in [0, 0.1) is 0 Å². The molecule has 2 amide bonds. The summed E-state index contributed by atoms with van der Waals surface area (Å²) in [5, 5.41) is 9.55. The number of aliphatic hydroxyl groups excluding tert-OH is 1. The molecular formula is C43H47N7O4. The maximum atomic E-state index is 13.8. The Morgan fingerprint density at radius 2 is 1.19 bits per heavy atom. The third-order valence-corrected chi connectivity index (χ3v) is 9.17. The fourth-order valence-electron chi connectivity index (χ4n) is 6.40. The van der Waals surface area contributed by atoms with Crippen LogP contribution in [-0.2, 0) is 29.2 Å². The second kappa shape index (κ2) is 18.1. The molecule has 0 radical (unpaired) electrons. The highest BCUT2D eigenvalue weighted by atomic mass is 16.6. The lowest BCUT2D eigenvalue weighted by molar-refractivity contribution is -0.137. The molecular weight excluding hydrogens is 679 g/mol. The first-order chi connectivity index (χ1) is 26.3. The summed E-state index contributed by atoms with van der Waals surface area (Å²) in [6.07, 6.45) is 3.89. The van der Waals surface area contributed by atoms with Crippen LogP contribution >= 0.6 is 0 Å². The smallest absolute Gasteiger partial charge is 0.410 e. The number of imidazole rings is 2. The third-order valence-electron chi connectivity index (χ3n) is 9.17. The molecule has 0 spiro atoms. The van der Waals surface area contributed by atoms with Crippen LogP contribution in [-0.4, -0.2) is 85.5 Å². The van der Waals surface area contributed by atoms with Crippen LogP contribution in [0.4, 0.5) is 4.79 Å². The van der Waals surface area contributed by atoms with Crippen molar-refractivity contribution >= 4 is 12.0 Å². The van der Waals surface area contributed by atoms with E-state index in [2.05, 4.69) is 63.3 Å². The summed E-state index contributed by atoms with van der Waals surface area (Å²) in [6.45, 7) is 3.38. The number of aromatic nitrogens is 4. The fourth-order valence-corrected chi connectivity index (χ4v) is 6.40. The molecule has 1 unspecified atom stereocenters.